The number of carbonyl (C=O) groups is 1. The van der Waals surface area contributed by atoms with E-state index < -0.39 is 6.10 Å². The van der Waals surface area contributed by atoms with E-state index in [-0.39, 0.29) is 17.8 Å². The normalized spacial score (nSPS) is 29.0. The number of hydrogen-bond acceptors (Lipinski definition) is 4. The highest BCUT2D eigenvalue weighted by Crippen LogP contribution is 2.34. The molecule has 0 aromatic carbocycles. The molecule has 1 saturated carbocycles. The minimum atomic E-state index is -0.532. The second-order valence-electron chi connectivity index (χ2n) is 4.67. The Bertz CT molecular complexity index is 229. The maximum absolute atomic E-state index is 11.8. The standard InChI is InChI=1S/C13H24O4/c1-3-17-13(15)12-10(7-5-9-16-2)6-4-8-11(12)14/h10-12,14H,3-9H2,1-2H3/t10-,11+,12-/m1/s1. The molecule has 100 valence electrons. The fraction of sp³-hybridized carbons (Fsp3) is 0.923. The molecule has 1 aliphatic carbocycles. The molecule has 0 aromatic rings. The van der Waals surface area contributed by atoms with Crippen molar-refractivity contribution in [2.45, 2.75) is 45.1 Å². The van der Waals surface area contributed by atoms with Gasteiger partial charge in [-0.25, -0.2) is 0 Å². The lowest BCUT2D eigenvalue weighted by atomic mass is 9.75. The van der Waals surface area contributed by atoms with E-state index >= 15 is 0 Å². The summed E-state index contributed by atoms with van der Waals surface area (Å²) >= 11 is 0. The highest BCUT2D eigenvalue weighted by atomic mass is 16.5. The highest BCUT2D eigenvalue weighted by Gasteiger charge is 2.37. The summed E-state index contributed by atoms with van der Waals surface area (Å²) < 4.78 is 10.1. The van der Waals surface area contributed by atoms with Crippen LogP contribution in [0.3, 0.4) is 0 Å². The van der Waals surface area contributed by atoms with Gasteiger partial charge in [-0.2, -0.15) is 0 Å². The summed E-state index contributed by atoms with van der Waals surface area (Å²) in [5.74, 6) is -0.323. The minimum Gasteiger partial charge on any atom is -0.466 e. The number of hydrogen-bond donors (Lipinski definition) is 1. The Morgan fingerprint density at radius 1 is 1.41 bits per heavy atom. The molecule has 0 aromatic heterocycles. The van der Waals surface area contributed by atoms with Crippen molar-refractivity contribution in [2.24, 2.45) is 11.8 Å². The molecular weight excluding hydrogens is 220 g/mol. The zero-order valence-corrected chi connectivity index (χ0v) is 10.9. The molecule has 0 aliphatic heterocycles. The fourth-order valence-corrected chi connectivity index (χ4v) is 2.66. The van der Waals surface area contributed by atoms with Crippen molar-refractivity contribution in [3.8, 4) is 0 Å². The summed E-state index contributed by atoms with van der Waals surface area (Å²) in [6.45, 7) is 2.89. The summed E-state index contributed by atoms with van der Waals surface area (Å²) in [5.41, 5.74) is 0. The van der Waals surface area contributed by atoms with Crippen LogP contribution in [0.25, 0.3) is 0 Å². The van der Waals surface area contributed by atoms with E-state index in [4.69, 9.17) is 9.47 Å². The van der Waals surface area contributed by atoms with Gasteiger partial charge in [0.25, 0.3) is 0 Å². The molecule has 0 spiro atoms. The van der Waals surface area contributed by atoms with Crippen LogP contribution in [0, 0.1) is 11.8 Å². The molecule has 1 aliphatic rings. The first-order valence-corrected chi connectivity index (χ1v) is 6.54. The average molecular weight is 244 g/mol. The predicted octanol–water partition coefficient (Wildman–Crippen LogP) is 1.75. The second-order valence-corrected chi connectivity index (χ2v) is 4.67. The summed E-state index contributed by atoms with van der Waals surface area (Å²) in [7, 11) is 1.68. The number of methoxy groups -OCH3 is 1. The fourth-order valence-electron chi connectivity index (χ4n) is 2.66. The molecule has 4 heteroatoms. The van der Waals surface area contributed by atoms with Gasteiger partial charge in [-0.05, 0) is 38.5 Å². The Morgan fingerprint density at radius 3 is 2.82 bits per heavy atom. The lowest BCUT2D eigenvalue weighted by molar-refractivity contribution is -0.157. The Morgan fingerprint density at radius 2 is 2.18 bits per heavy atom. The van der Waals surface area contributed by atoms with E-state index in [9.17, 15) is 9.90 Å². The molecule has 0 unspecified atom stereocenters. The molecule has 1 fully saturated rings. The Labute approximate surface area is 103 Å². The third-order valence-electron chi connectivity index (χ3n) is 3.48. The van der Waals surface area contributed by atoms with Gasteiger partial charge in [-0.1, -0.05) is 6.42 Å². The van der Waals surface area contributed by atoms with Crippen molar-refractivity contribution in [1.82, 2.24) is 0 Å². The number of aliphatic hydroxyl groups excluding tert-OH is 1. The molecule has 17 heavy (non-hydrogen) atoms. The third-order valence-corrected chi connectivity index (χ3v) is 3.48. The van der Waals surface area contributed by atoms with Crippen LogP contribution in [-0.2, 0) is 14.3 Å². The van der Waals surface area contributed by atoms with Gasteiger partial charge in [0.05, 0.1) is 18.6 Å². The molecular formula is C13H24O4. The molecule has 0 radical (unpaired) electrons. The lowest BCUT2D eigenvalue weighted by Crippen LogP contribution is -2.39. The number of carbonyl (C=O) groups excluding carboxylic acids is 1. The molecule has 1 rings (SSSR count). The Balaban J connectivity index is 2.53. The first-order valence-electron chi connectivity index (χ1n) is 6.54. The predicted molar refractivity (Wildman–Crippen MR) is 64.6 cm³/mol. The second kappa shape index (κ2) is 7.67. The number of aliphatic hydroxyl groups is 1. The van der Waals surface area contributed by atoms with Gasteiger partial charge in [0, 0.05) is 13.7 Å². The first kappa shape index (κ1) is 14.5. The summed E-state index contributed by atoms with van der Waals surface area (Å²) in [4.78, 5) is 11.8. The molecule has 0 amide bonds. The van der Waals surface area contributed by atoms with E-state index in [2.05, 4.69) is 0 Å². The van der Waals surface area contributed by atoms with Crippen LogP contribution in [0.5, 0.6) is 0 Å². The van der Waals surface area contributed by atoms with Crippen LogP contribution in [0.1, 0.15) is 39.0 Å². The maximum atomic E-state index is 11.8. The van der Waals surface area contributed by atoms with Crippen LogP contribution < -0.4 is 0 Å². The number of ether oxygens (including phenoxy) is 2. The van der Waals surface area contributed by atoms with Gasteiger partial charge in [0.2, 0.25) is 0 Å². The van der Waals surface area contributed by atoms with E-state index in [0.29, 0.717) is 19.6 Å². The lowest BCUT2D eigenvalue weighted by Gasteiger charge is -2.33. The van der Waals surface area contributed by atoms with Crippen molar-refractivity contribution >= 4 is 5.97 Å². The van der Waals surface area contributed by atoms with Crippen LogP contribution in [0.2, 0.25) is 0 Å². The van der Waals surface area contributed by atoms with Crippen molar-refractivity contribution < 1.29 is 19.4 Å². The van der Waals surface area contributed by atoms with Gasteiger partial charge < -0.3 is 14.6 Å². The molecule has 1 N–H and O–H groups in total. The topological polar surface area (TPSA) is 55.8 Å². The van der Waals surface area contributed by atoms with E-state index in [0.717, 1.165) is 25.7 Å². The Hall–Kier alpha value is -0.610. The number of esters is 1. The smallest absolute Gasteiger partial charge is 0.311 e. The first-order chi connectivity index (χ1) is 8.20. The minimum absolute atomic E-state index is 0.234. The molecule has 0 saturated heterocycles. The molecule has 0 bridgehead atoms. The summed E-state index contributed by atoms with van der Waals surface area (Å²) in [6.07, 6.45) is 4.04. The van der Waals surface area contributed by atoms with Crippen molar-refractivity contribution in [3.05, 3.63) is 0 Å². The largest absolute Gasteiger partial charge is 0.466 e. The van der Waals surface area contributed by atoms with E-state index in [1.54, 1.807) is 14.0 Å². The van der Waals surface area contributed by atoms with Crippen molar-refractivity contribution in [3.63, 3.8) is 0 Å². The van der Waals surface area contributed by atoms with Crippen molar-refractivity contribution in [1.29, 1.82) is 0 Å². The number of rotatable bonds is 6. The molecule has 3 atom stereocenters. The maximum Gasteiger partial charge on any atom is 0.311 e. The van der Waals surface area contributed by atoms with Crippen LogP contribution in [-0.4, -0.2) is 37.5 Å². The molecule has 0 heterocycles. The van der Waals surface area contributed by atoms with E-state index in [1.807, 2.05) is 0 Å². The average Bonchev–Trinajstić information content (AvgIpc) is 2.29. The zero-order chi connectivity index (χ0) is 12.7. The summed E-state index contributed by atoms with van der Waals surface area (Å²) in [5, 5.41) is 9.96. The summed E-state index contributed by atoms with van der Waals surface area (Å²) in [6, 6.07) is 0. The van der Waals surface area contributed by atoms with Gasteiger partial charge >= 0.3 is 5.97 Å². The molecule has 4 nitrogen and oxygen atoms in total. The van der Waals surface area contributed by atoms with Gasteiger partial charge in [-0.3, -0.25) is 4.79 Å². The van der Waals surface area contributed by atoms with Crippen molar-refractivity contribution in [2.75, 3.05) is 20.3 Å². The van der Waals surface area contributed by atoms with E-state index in [1.165, 1.54) is 0 Å². The van der Waals surface area contributed by atoms with Crippen LogP contribution >= 0.6 is 0 Å². The monoisotopic (exact) mass is 244 g/mol. The van der Waals surface area contributed by atoms with Gasteiger partial charge in [0.15, 0.2) is 0 Å². The van der Waals surface area contributed by atoms with Crippen LogP contribution in [0.15, 0.2) is 0 Å². The third kappa shape index (κ3) is 4.28. The highest BCUT2D eigenvalue weighted by molar-refractivity contribution is 5.73. The zero-order valence-electron chi connectivity index (χ0n) is 10.9. The quantitative estimate of drug-likeness (QED) is 0.571. The van der Waals surface area contributed by atoms with Gasteiger partial charge in [-0.15, -0.1) is 0 Å². The van der Waals surface area contributed by atoms with Crippen LogP contribution in [0.4, 0.5) is 0 Å². The Kier molecular flexibility index (Phi) is 6.52. The SMILES string of the molecule is CCOC(=O)[C@@H]1[C@@H](CCCOC)CCC[C@@H]1O. The van der Waals surface area contributed by atoms with Gasteiger partial charge in [0.1, 0.15) is 0 Å².